The van der Waals surface area contributed by atoms with Crippen molar-refractivity contribution in [3.63, 3.8) is 0 Å². The third-order valence-electron chi connectivity index (χ3n) is 3.48. The first-order valence-corrected chi connectivity index (χ1v) is 7.11. The topological polar surface area (TPSA) is 35.2 Å². The van der Waals surface area contributed by atoms with E-state index in [9.17, 15) is 0 Å². The molecule has 0 amide bonds. The SMILES string of the molecule is COc1ccc(C)cc1C(CN)Cc1cccc(Cl)c1. The number of aryl methyl sites for hydroxylation is 1. The van der Waals surface area contributed by atoms with E-state index in [-0.39, 0.29) is 5.92 Å². The van der Waals surface area contributed by atoms with Crippen molar-refractivity contribution in [3.8, 4) is 5.75 Å². The molecule has 0 bridgehead atoms. The van der Waals surface area contributed by atoms with Crippen LogP contribution in [0.4, 0.5) is 0 Å². The molecule has 0 spiro atoms. The van der Waals surface area contributed by atoms with Crippen molar-refractivity contribution in [1.29, 1.82) is 0 Å². The van der Waals surface area contributed by atoms with Gasteiger partial charge < -0.3 is 10.5 Å². The average Bonchev–Trinajstić information content (AvgIpc) is 2.45. The zero-order valence-corrected chi connectivity index (χ0v) is 12.7. The van der Waals surface area contributed by atoms with Gasteiger partial charge >= 0.3 is 0 Å². The first-order valence-electron chi connectivity index (χ1n) is 6.73. The first kappa shape index (κ1) is 14.9. The lowest BCUT2D eigenvalue weighted by Gasteiger charge is -2.19. The van der Waals surface area contributed by atoms with Gasteiger partial charge in [0.15, 0.2) is 0 Å². The van der Waals surface area contributed by atoms with Crippen molar-refractivity contribution in [2.45, 2.75) is 19.3 Å². The molecule has 0 heterocycles. The summed E-state index contributed by atoms with van der Waals surface area (Å²) in [6, 6.07) is 14.1. The second-order valence-electron chi connectivity index (χ2n) is 5.01. The zero-order chi connectivity index (χ0) is 14.5. The van der Waals surface area contributed by atoms with E-state index in [4.69, 9.17) is 22.1 Å². The van der Waals surface area contributed by atoms with Crippen LogP contribution in [0.1, 0.15) is 22.6 Å². The Morgan fingerprint density at radius 1 is 1.20 bits per heavy atom. The second kappa shape index (κ2) is 6.78. The summed E-state index contributed by atoms with van der Waals surface area (Å²) in [5, 5.41) is 0.759. The van der Waals surface area contributed by atoms with Crippen molar-refractivity contribution >= 4 is 11.6 Å². The van der Waals surface area contributed by atoms with Crippen LogP contribution in [-0.2, 0) is 6.42 Å². The molecule has 0 fully saturated rings. The number of ether oxygens (including phenoxy) is 1. The van der Waals surface area contributed by atoms with Gasteiger partial charge in [-0.05, 0) is 49.2 Å². The normalized spacial score (nSPS) is 12.2. The van der Waals surface area contributed by atoms with Crippen LogP contribution in [-0.4, -0.2) is 13.7 Å². The summed E-state index contributed by atoms with van der Waals surface area (Å²) >= 11 is 6.05. The summed E-state index contributed by atoms with van der Waals surface area (Å²) in [6.07, 6.45) is 0.858. The minimum atomic E-state index is 0.225. The molecule has 0 aliphatic rings. The predicted octanol–water partition coefficient (Wildman–Crippen LogP) is 3.94. The molecule has 0 saturated heterocycles. The monoisotopic (exact) mass is 289 g/mol. The maximum atomic E-state index is 6.05. The van der Waals surface area contributed by atoms with Crippen LogP contribution in [0.3, 0.4) is 0 Å². The van der Waals surface area contributed by atoms with Crippen molar-refractivity contribution in [1.82, 2.24) is 0 Å². The van der Waals surface area contributed by atoms with E-state index < -0.39 is 0 Å². The highest BCUT2D eigenvalue weighted by Gasteiger charge is 2.16. The summed E-state index contributed by atoms with van der Waals surface area (Å²) in [4.78, 5) is 0. The zero-order valence-electron chi connectivity index (χ0n) is 11.9. The van der Waals surface area contributed by atoms with Gasteiger partial charge in [0.05, 0.1) is 7.11 Å². The van der Waals surface area contributed by atoms with Crippen molar-refractivity contribution in [2.75, 3.05) is 13.7 Å². The lowest BCUT2D eigenvalue weighted by molar-refractivity contribution is 0.405. The largest absolute Gasteiger partial charge is 0.496 e. The predicted molar refractivity (Wildman–Crippen MR) is 84.7 cm³/mol. The number of rotatable bonds is 5. The number of nitrogens with two attached hydrogens (primary N) is 1. The number of halogens is 1. The van der Waals surface area contributed by atoms with Crippen LogP contribution >= 0.6 is 11.6 Å². The maximum Gasteiger partial charge on any atom is 0.122 e. The van der Waals surface area contributed by atoms with Gasteiger partial charge in [0, 0.05) is 10.9 Å². The van der Waals surface area contributed by atoms with E-state index in [0.29, 0.717) is 6.54 Å². The molecular formula is C17H20ClNO. The van der Waals surface area contributed by atoms with Gasteiger partial charge in [-0.25, -0.2) is 0 Å². The molecule has 2 rings (SSSR count). The number of hydrogen-bond acceptors (Lipinski definition) is 2. The standard InChI is InChI=1S/C17H20ClNO/c1-12-6-7-17(20-2)16(8-12)14(11-19)9-13-4-3-5-15(18)10-13/h3-8,10,14H,9,11,19H2,1-2H3. The first-order chi connectivity index (χ1) is 9.63. The summed E-state index contributed by atoms with van der Waals surface area (Å²) < 4.78 is 5.46. The molecule has 0 saturated carbocycles. The highest BCUT2D eigenvalue weighted by Crippen LogP contribution is 2.30. The minimum Gasteiger partial charge on any atom is -0.496 e. The quantitative estimate of drug-likeness (QED) is 0.905. The minimum absolute atomic E-state index is 0.225. The van der Waals surface area contributed by atoms with Crippen LogP contribution in [0.2, 0.25) is 5.02 Å². The molecule has 0 aliphatic carbocycles. The van der Waals surface area contributed by atoms with E-state index in [1.807, 2.05) is 24.3 Å². The van der Waals surface area contributed by atoms with Crippen LogP contribution < -0.4 is 10.5 Å². The molecule has 0 radical (unpaired) electrons. The van der Waals surface area contributed by atoms with Gasteiger partial charge in [-0.1, -0.05) is 41.4 Å². The van der Waals surface area contributed by atoms with Gasteiger partial charge in [-0.15, -0.1) is 0 Å². The van der Waals surface area contributed by atoms with Crippen LogP contribution in [0.25, 0.3) is 0 Å². The van der Waals surface area contributed by atoms with Crippen LogP contribution in [0, 0.1) is 6.92 Å². The molecule has 1 atom stereocenters. The molecule has 2 aromatic carbocycles. The molecule has 106 valence electrons. The fourth-order valence-electron chi connectivity index (χ4n) is 2.44. The Hall–Kier alpha value is -1.51. The fourth-order valence-corrected chi connectivity index (χ4v) is 2.65. The van der Waals surface area contributed by atoms with Gasteiger partial charge in [0.2, 0.25) is 0 Å². The Morgan fingerprint density at radius 3 is 2.65 bits per heavy atom. The number of methoxy groups -OCH3 is 1. The molecule has 2 N–H and O–H groups in total. The average molecular weight is 290 g/mol. The Balaban J connectivity index is 2.30. The highest BCUT2D eigenvalue weighted by atomic mass is 35.5. The highest BCUT2D eigenvalue weighted by molar-refractivity contribution is 6.30. The third kappa shape index (κ3) is 3.53. The Bertz CT molecular complexity index is 583. The summed E-state index contributed by atoms with van der Waals surface area (Å²) in [5.74, 6) is 1.12. The van der Waals surface area contributed by atoms with Gasteiger partial charge in [-0.2, -0.15) is 0 Å². The van der Waals surface area contributed by atoms with E-state index >= 15 is 0 Å². The molecular weight excluding hydrogens is 270 g/mol. The Kier molecular flexibility index (Phi) is 5.05. The van der Waals surface area contributed by atoms with E-state index in [1.165, 1.54) is 11.1 Å². The van der Waals surface area contributed by atoms with E-state index in [0.717, 1.165) is 22.8 Å². The van der Waals surface area contributed by atoms with E-state index in [1.54, 1.807) is 7.11 Å². The van der Waals surface area contributed by atoms with E-state index in [2.05, 4.69) is 25.1 Å². The third-order valence-corrected chi connectivity index (χ3v) is 3.72. The molecule has 0 aromatic heterocycles. The Labute approximate surface area is 125 Å². The summed E-state index contributed by atoms with van der Waals surface area (Å²) in [5.41, 5.74) is 9.54. The number of hydrogen-bond donors (Lipinski definition) is 1. The molecule has 0 aliphatic heterocycles. The summed E-state index contributed by atoms with van der Waals surface area (Å²) in [7, 11) is 1.70. The number of benzene rings is 2. The lowest BCUT2D eigenvalue weighted by Crippen LogP contribution is -2.16. The molecule has 2 aromatic rings. The molecule has 2 nitrogen and oxygen atoms in total. The van der Waals surface area contributed by atoms with Crippen LogP contribution in [0.15, 0.2) is 42.5 Å². The van der Waals surface area contributed by atoms with Gasteiger partial charge in [-0.3, -0.25) is 0 Å². The van der Waals surface area contributed by atoms with Gasteiger partial charge in [0.25, 0.3) is 0 Å². The van der Waals surface area contributed by atoms with Crippen molar-refractivity contribution in [2.24, 2.45) is 5.73 Å². The van der Waals surface area contributed by atoms with Crippen LogP contribution in [0.5, 0.6) is 5.75 Å². The van der Waals surface area contributed by atoms with Gasteiger partial charge in [0.1, 0.15) is 5.75 Å². The smallest absolute Gasteiger partial charge is 0.122 e. The van der Waals surface area contributed by atoms with Crippen molar-refractivity contribution in [3.05, 3.63) is 64.2 Å². The molecule has 20 heavy (non-hydrogen) atoms. The molecule has 1 unspecified atom stereocenters. The second-order valence-corrected chi connectivity index (χ2v) is 5.45. The fraction of sp³-hybridized carbons (Fsp3) is 0.294. The Morgan fingerprint density at radius 2 is 2.00 bits per heavy atom. The maximum absolute atomic E-state index is 6.05. The lowest BCUT2D eigenvalue weighted by atomic mass is 9.90. The molecule has 3 heteroatoms. The van der Waals surface area contributed by atoms with Crippen molar-refractivity contribution < 1.29 is 4.74 Å². The summed E-state index contributed by atoms with van der Waals surface area (Å²) in [6.45, 7) is 2.65.